The van der Waals surface area contributed by atoms with E-state index in [-0.39, 0.29) is 12.1 Å². The first-order chi connectivity index (χ1) is 9.27. The molecule has 0 bridgehead atoms. The van der Waals surface area contributed by atoms with Crippen molar-refractivity contribution in [2.24, 2.45) is 5.92 Å². The molecule has 1 aliphatic carbocycles. The highest BCUT2D eigenvalue weighted by Gasteiger charge is 2.39. The van der Waals surface area contributed by atoms with Crippen LogP contribution in [0.25, 0.3) is 0 Å². The molecule has 0 unspecified atom stereocenters. The number of hydrogen-bond acceptors (Lipinski definition) is 2. The highest BCUT2D eigenvalue weighted by Crippen LogP contribution is 2.38. The maximum atomic E-state index is 11.6. The molecule has 19 heavy (non-hydrogen) atoms. The van der Waals surface area contributed by atoms with E-state index in [0.29, 0.717) is 12.3 Å². The van der Waals surface area contributed by atoms with Crippen LogP contribution in [0.3, 0.4) is 0 Å². The number of hydrogen-bond donors (Lipinski definition) is 0. The molecule has 0 spiro atoms. The van der Waals surface area contributed by atoms with E-state index in [2.05, 4.69) is 22.9 Å². The predicted octanol–water partition coefficient (Wildman–Crippen LogP) is 5.23. The number of carbonyl (C=O) groups excluding carboxylic acids is 1. The molecule has 0 aliphatic heterocycles. The van der Waals surface area contributed by atoms with Crippen LogP contribution in [0.4, 0.5) is 0 Å². The van der Waals surface area contributed by atoms with Crippen molar-refractivity contribution < 1.29 is 9.53 Å². The van der Waals surface area contributed by atoms with Gasteiger partial charge in [-0.05, 0) is 31.6 Å². The van der Waals surface area contributed by atoms with E-state index in [9.17, 15) is 4.79 Å². The fraction of sp³-hybridized carbons (Fsp3) is 0.938. The monoisotopic (exact) mass is 332 g/mol. The first-order valence-electron chi connectivity index (χ1n) is 8.03. The van der Waals surface area contributed by atoms with E-state index < -0.39 is 0 Å². The quantitative estimate of drug-likeness (QED) is 0.277. The lowest BCUT2D eigenvalue weighted by Gasteiger charge is -2.04. The van der Waals surface area contributed by atoms with E-state index in [1.165, 1.54) is 44.9 Å². The van der Waals surface area contributed by atoms with Crippen molar-refractivity contribution in [3.8, 4) is 0 Å². The number of esters is 1. The van der Waals surface area contributed by atoms with Crippen molar-refractivity contribution in [3.63, 3.8) is 0 Å². The molecule has 1 aliphatic rings. The SMILES string of the molecule is CCCCC[C@@H]1C[C@H]1OC(=O)CCCCCCCBr. The molecule has 0 aromatic carbocycles. The van der Waals surface area contributed by atoms with Crippen LogP contribution >= 0.6 is 15.9 Å². The third kappa shape index (κ3) is 8.67. The Hall–Kier alpha value is -0.0500. The Morgan fingerprint density at radius 3 is 2.58 bits per heavy atom. The normalized spacial score (nSPS) is 21.4. The molecule has 0 amide bonds. The van der Waals surface area contributed by atoms with Gasteiger partial charge in [0.15, 0.2) is 0 Å². The van der Waals surface area contributed by atoms with Crippen LogP contribution in [-0.2, 0) is 9.53 Å². The summed E-state index contributed by atoms with van der Waals surface area (Å²) in [4.78, 5) is 11.6. The van der Waals surface area contributed by atoms with Gasteiger partial charge in [0.2, 0.25) is 0 Å². The molecular weight excluding hydrogens is 304 g/mol. The van der Waals surface area contributed by atoms with Gasteiger partial charge in [-0.1, -0.05) is 61.4 Å². The minimum atomic E-state index is 0.0310. The zero-order valence-electron chi connectivity index (χ0n) is 12.3. The van der Waals surface area contributed by atoms with Gasteiger partial charge >= 0.3 is 5.97 Å². The number of alkyl halides is 1. The second-order valence-electron chi connectivity index (χ2n) is 5.73. The third-order valence-electron chi connectivity index (χ3n) is 3.83. The molecule has 112 valence electrons. The maximum absolute atomic E-state index is 11.6. The van der Waals surface area contributed by atoms with Crippen LogP contribution in [0.15, 0.2) is 0 Å². The van der Waals surface area contributed by atoms with Crippen LogP contribution in [-0.4, -0.2) is 17.4 Å². The predicted molar refractivity (Wildman–Crippen MR) is 83.6 cm³/mol. The highest BCUT2D eigenvalue weighted by atomic mass is 79.9. The largest absolute Gasteiger partial charge is 0.462 e. The molecular formula is C16H29BrO2. The third-order valence-corrected chi connectivity index (χ3v) is 4.39. The van der Waals surface area contributed by atoms with Crippen molar-refractivity contribution in [1.29, 1.82) is 0 Å². The van der Waals surface area contributed by atoms with Gasteiger partial charge in [-0.2, -0.15) is 0 Å². The summed E-state index contributed by atoms with van der Waals surface area (Å²) in [5.41, 5.74) is 0. The molecule has 1 rings (SSSR count). The van der Waals surface area contributed by atoms with Crippen molar-refractivity contribution in [2.45, 2.75) is 83.7 Å². The topological polar surface area (TPSA) is 26.3 Å². The molecule has 1 fully saturated rings. The average molecular weight is 333 g/mol. The first kappa shape index (κ1) is 17.0. The Labute approximate surface area is 126 Å². The number of rotatable bonds is 12. The molecule has 0 aromatic heterocycles. The minimum absolute atomic E-state index is 0.0310. The van der Waals surface area contributed by atoms with E-state index in [1.807, 2.05) is 0 Å². The molecule has 3 heteroatoms. The molecule has 1 saturated carbocycles. The Bertz CT molecular complexity index is 243. The van der Waals surface area contributed by atoms with E-state index in [4.69, 9.17) is 4.74 Å². The number of ether oxygens (including phenoxy) is 1. The highest BCUT2D eigenvalue weighted by molar-refractivity contribution is 9.09. The summed E-state index contributed by atoms with van der Waals surface area (Å²) in [6, 6.07) is 0. The molecule has 0 N–H and O–H groups in total. The summed E-state index contributed by atoms with van der Waals surface area (Å²) in [6.07, 6.45) is 13.0. The van der Waals surface area contributed by atoms with Crippen LogP contribution < -0.4 is 0 Å². The lowest BCUT2D eigenvalue weighted by Crippen LogP contribution is -2.07. The molecule has 2 nitrogen and oxygen atoms in total. The zero-order valence-corrected chi connectivity index (χ0v) is 13.9. The van der Waals surface area contributed by atoms with Gasteiger partial charge in [0.05, 0.1) is 0 Å². The summed E-state index contributed by atoms with van der Waals surface area (Å²) in [7, 11) is 0. The second kappa shape index (κ2) is 10.7. The van der Waals surface area contributed by atoms with Crippen molar-refractivity contribution in [3.05, 3.63) is 0 Å². The molecule has 2 atom stereocenters. The van der Waals surface area contributed by atoms with Gasteiger partial charge in [0.25, 0.3) is 0 Å². The van der Waals surface area contributed by atoms with Gasteiger partial charge < -0.3 is 4.74 Å². The number of unbranched alkanes of at least 4 members (excludes halogenated alkanes) is 6. The fourth-order valence-electron chi connectivity index (χ4n) is 2.45. The smallest absolute Gasteiger partial charge is 0.306 e. The Balaban J connectivity index is 1.89. The molecule has 0 radical (unpaired) electrons. The van der Waals surface area contributed by atoms with Crippen LogP contribution in [0.5, 0.6) is 0 Å². The van der Waals surface area contributed by atoms with E-state index in [0.717, 1.165) is 24.6 Å². The summed E-state index contributed by atoms with van der Waals surface area (Å²) in [5.74, 6) is 0.706. The van der Waals surface area contributed by atoms with Gasteiger partial charge in [0, 0.05) is 11.8 Å². The lowest BCUT2D eigenvalue weighted by molar-refractivity contribution is -0.145. The molecule has 0 aromatic rings. The maximum Gasteiger partial charge on any atom is 0.306 e. The van der Waals surface area contributed by atoms with Crippen LogP contribution in [0, 0.1) is 5.92 Å². The molecule has 0 saturated heterocycles. The second-order valence-corrected chi connectivity index (χ2v) is 6.52. The van der Waals surface area contributed by atoms with E-state index in [1.54, 1.807) is 0 Å². The van der Waals surface area contributed by atoms with Gasteiger partial charge in [-0.25, -0.2) is 0 Å². The fourth-order valence-corrected chi connectivity index (χ4v) is 2.84. The van der Waals surface area contributed by atoms with Gasteiger partial charge in [0.1, 0.15) is 6.10 Å². The Morgan fingerprint density at radius 2 is 1.84 bits per heavy atom. The Morgan fingerprint density at radius 1 is 1.11 bits per heavy atom. The Kier molecular flexibility index (Phi) is 9.58. The average Bonchev–Trinajstić information content (AvgIpc) is 3.12. The first-order valence-corrected chi connectivity index (χ1v) is 9.15. The summed E-state index contributed by atoms with van der Waals surface area (Å²) in [6.45, 7) is 2.22. The number of carbonyl (C=O) groups is 1. The summed E-state index contributed by atoms with van der Waals surface area (Å²) in [5, 5.41) is 1.09. The lowest BCUT2D eigenvalue weighted by atomic mass is 10.1. The van der Waals surface area contributed by atoms with Crippen molar-refractivity contribution >= 4 is 21.9 Å². The van der Waals surface area contributed by atoms with E-state index >= 15 is 0 Å². The standard InChI is InChI=1S/C16H29BrO2/c1-2-3-7-10-14-13-15(14)19-16(18)11-8-5-4-6-9-12-17/h14-15H,2-13H2,1H3/t14-,15-/m1/s1. The minimum Gasteiger partial charge on any atom is -0.462 e. The van der Waals surface area contributed by atoms with Crippen molar-refractivity contribution in [1.82, 2.24) is 0 Å². The summed E-state index contributed by atoms with van der Waals surface area (Å²) >= 11 is 3.43. The van der Waals surface area contributed by atoms with Gasteiger partial charge in [-0.15, -0.1) is 0 Å². The van der Waals surface area contributed by atoms with Crippen LogP contribution in [0.1, 0.15) is 77.6 Å². The van der Waals surface area contributed by atoms with Crippen molar-refractivity contribution in [2.75, 3.05) is 5.33 Å². The number of halogens is 1. The summed E-state index contributed by atoms with van der Waals surface area (Å²) < 4.78 is 5.49. The molecule has 0 heterocycles. The zero-order chi connectivity index (χ0) is 13.9. The van der Waals surface area contributed by atoms with Gasteiger partial charge in [-0.3, -0.25) is 4.79 Å². The van der Waals surface area contributed by atoms with Crippen LogP contribution in [0.2, 0.25) is 0 Å².